The molecular formula is C14H9BrClIN2. The van der Waals surface area contributed by atoms with Gasteiger partial charge in [0, 0.05) is 13.7 Å². The highest BCUT2D eigenvalue weighted by Crippen LogP contribution is 2.26. The number of aromatic nitrogens is 2. The van der Waals surface area contributed by atoms with Gasteiger partial charge in [-0.1, -0.05) is 22.0 Å². The van der Waals surface area contributed by atoms with Crippen molar-refractivity contribution < 1.29 is 0 Å². The fraction of sp³-hybridized carbons (Fsp3) is 0.0714. The van der Waals surface area contributed by atoms with Gasteiger partial charge in [0.1, 0.15) is 5.82 Å². The normalized spacial score (nSPS) is 11.1. The third-order valence-electron chi connectivity index (χ3n) is 2.87. The number of hydrogen-bond acceptors (Lipinski definition) is 1. The molecule has 0 aliphatic carbocycles. The Labute approximate surface area is 138 Å². The Kier molecular flexibility index (Phi) is 3.82. The fourth-order valence-electron chi connectivity index (χ4n) is 2.10. The largest absolute Gasteiger partial charge is 0.295 e. The molecule has 2 nitrogen and oxygen atoms in total. The van der Waals surface area contributed by atoms with Gasteiger partial charge in [-0.25, -0.2) is 4.98 Å². The summed E-state index contributed by atoms with van der Waals surface area (Å²) in [5.41, 5.74) is 3.11. The van der Waals surface area contributed by atoms with E-state index >= 15 is 0 Å². The third-order valence-corrected chi connectivity index (χ3v) is 4.28. The summed E-state index contributed by atoms with van der Waals surface area (Å²) in [6.07, 6.45) is 0. The summed E-state index contributed by atoms with van der Waals surface area (Å²) in [5, 5.41) is 0. The summed E-state index contributed by atoms with van der Waals surface area (Å²) in [6, 6.07) is 14.4. The van der Waals surface area contributed by atoms with Crippen LogP contribution in [0.1, 0.15) is 5.82 Å². The van der Waals surface area contributed by atoms with Crippen LogP contribution < -0.4 is 0 Å². The molecule has 0 saturated heterocycles. The number of hydrogen-bond donors (Lipinski definition) is 0. The highest BCUT2D eigenvalue weighted by atomic mass is 127. The van der Waals surface area contributed by atoms with Crippen molar-refractivity contribution in [3.05, 3.63) is 56.3 Å². The summed E-state index contributed by atoms with van der Waals surface area (Å²) in [6.45, 7) is 0. The third kappa shape index (κ3) is 2.53. The predicted octanol–water partition coefficient (Wildman–Crippen LogP) is 5.13. The zero-order valence-electron chi connectivity index (χ0n) is 9.78. The van der Waals surface area contributed by atoms with E-state index < -0.39 is 0 Å². The van der Waals surface area contributed by atoms with Crippen molar-refractivity contribution in [2.24, 2.45) is 0 Å². The summed E-state index contributed by atoms with van der Waals surface area (Å²) in [5.74, 6) is 1.24. The van der Waals surface area contributed by atoms with Gasteiger partial charge in [0.15, 0.2) is 0 Å². The van der Waals surface area contributed by atoms with Crippen molar-refractivity contribution in [1.82, 2.24) is 9.55 Å². The van der Waals surface area contributed by atoms with Crippen LogP contribution in [0.4, 0.5) is 0 Å². The smallest absolute Gasteiger partial charge is 0.129 e. The van der Waals surface area contributed by atoms with Gasteiger partial charge in [-0.15, -0.1) is 11.6 Å². The molecule has 1 heterocycles. The molecule has 5 heteroatoms. The number of nitrogens with zero attached hydrogens (tertiary/aromatic N) is 2. The van der Waals surface area contributed by atoms with Gasteiger partial charge < -0.3 is 0 Å². The van der Waals surface area contributed by atoms with Gasteiger partial charge >= 0.3 is 0 Å². The average molecular weight is 448 g/mol. The number of imidazole rings is 1. The SMILES string of the molecule is ClCc1nc2cc(Br)ccc2n1-c1cccc(I)c1. The Morgan fingerprint density at radius 1 is 1.21 bits per heavy atom. The van der Waals surface area contributed by atoms with E-state index in [2.05, 4.69) is 72.3 Å². The Morgan fingerprint density at radius 2 is 2.05 bits per heavy atom. The van der Waals surface area contributed by atoms with Crippen molar-refractivity contribution in [3.63, 3.8) is 0 Å². The predicted molar refractivity (Wildman–Crippen MR) is 91.0 cm³/mol. The summed E-state index contributed by atoms with van der Waals surface area (Å²) in [7, 11) is 0. The molecule has 0 fully saturated rings. The maximum absolute atomic E-state index is 6.04. The number of halogens is 3. The van der Waals surface area contributed by atoms with Crippen molar-refractivity contribution in [2.45, 2.75) is 5.88 Å². The van der Waals surface area contributed by atoms with Crippen molar-refractivity contribution in [1.29, 1.82) is 0 Å². The number of alkyl halides is 1. The molecule has 1 aromatic heterocycles. The first kappa shape index (κ1) is 13.4. The second-order valence-electron chi connectivity index (χ2n) is 4.11. The summed E-state index contributed by atoms with van der Waals surface area (Å²) >= 11 is 11.8. The molecule has 0 atom stereocenters. The first-order chi connectivity index (χ1) is 9.19. The zero-order valence-corrected chi connectivity index (χ0v) is 14.3. The van der Waals surface area contributed by atoms with E-state index in [4.69, 9.17) is 11.6 Å². The van der Waals surface area contributed by atoms with Crippen LogP contribution in [0.25, 0.3) is 16.7 Å². The second-order valence-corrected chi connectivity index (χ2v) is 6.54. The Balaban J connectivity index is 2.32. The Morgan fingerprint density at radius 3 is 2.79 bits per heavy atom. The van der Waals surface area contributed by atoms with Crippen LogP contribution in [-0.4, -0.2) is 9.55 Å². The van der Waals surface area contributed by atoms with E-state index in [1.54, 1.807) is 0 Å². The molecule has 96 valence electrons. The van der Waals surface area contributed by atoms with E-state index in [9.17, 15) is 0 Å². The van der Waals surface area contributed by atoms with E-state index in [-0.39, 0.29) is 0 Å². The van der Waals surface area contributed by atoms with Gasteiger partial charge in [-0.05, 0) is 59.0 Å². The Bertz CT molecular complexity index is 754. The molecule has 0 bridgehead atoms. The zero-order chi connectivity index (χ0) is 13.4. The van der Waals surface area contributed by atoms with Gasteiger partial charge in [-0.3, -0.25) is 4.57 Å². The maximum atomic E-state index is 6.04. The van der Waals surface area contributed by atoms with Gasteiger partial charge in [0.05, 0.1) is 16.9 Å². The van der Waals surface area contributed by atoms with Gasteiger partial charge in [-0.2, -0.15) is 0 Å². The quantitative estimate of drug-likeness (QED) is 0.393. The molecule has 0 spiro atoms. The lowest BCUT2D eigenvalue weighted by atomic mass is 10.3. The van der Waals surface area contributed by atoms with E-state index in [0.29, 0.717) is 5.88 Å². The number of benzene rings is 2. The molecule has 0 aliphatic rings. The monoisotopic (exact) mass is 446 g/mol. The minimum absolute atomic E-state index is 0.387. The van der Waals surface area contributed by atoms with Gasteiger partial charge in [0.2, 0.25) is 0 Å². The van der Waals surface area contributed by atoms with Crippen LogP contribution in [-0.2, 0) is 5.88 Å². The molecule has 0 radical (unpaired) electrons. The van der Waals surface area contributed by atoms with E-state index in [1.165, 1.54) is 3.57 Å². The van der Waals surface area contributed by atoms with Crippen molar-refractivity contribution >= 4 is 61.2 Å². The van der Waals surface area contributed by atoms with Crippen LogP contribution in [0.15, 0.2) is 46.9 Å². The molecule has 0 N–H and O–H groups in total. The summed E-state index contributed by atoms with van der Waals surface area (Å²) in [4.78, 5) is 4.60. The molecule has 0 saturated carbocycles. The lowest BCUT2D eigenvalue weighted by Gasteiger charge is -2.08. The molecule has 0 amide bonds. The lowest BCUT2D eigenvalue weighted by Crippen LogP contribution is -1.99. The standard InChI is InChI=1S/C14H9BrClIN2/c15-9-4-5-13-12(6-9)18-14(8-16)19(13)11-3-1-2-10(17)7-11/h1-7H,8H2. The molecule has 0 unspecified atom stereocenters. The van der Waals surface area contributed by atoms with Crippen LogP contribution in [0.2, 0.25) is 0 Å². The van der Waals surface area contributed by atoms with Crippen molar-refractivity contribution in [3.8, 4) is 5.69 Å². The first-order valence-corrected chi connectivity index (χ1v) is 8.08. The fourth-order valence-corrected chi connectivity index (χ4v) is 3.15. The first-order valence-electron chi connectivity index (χ1n) is 5.68. The molecule has 0 aliphatic heterocycles. The van der Waals surface area contributed by atoms with Crippen LogP contribution in [0, 0.1) is 3.57 Å². The maximum Gasteiger partial charge on any atom is 0.129 e. The number of rotatable bonds is 2. The second kappa shape index (κ2) is 5.42. The molecular weight excluding hydrogens is 438 g/mol. The number of fused-ring (bicyclic) bond motifs is 1. The summed E-state index contributed by atoms with van der Waals surface area (Å²) < 4.78 is 4.32. The minimum Gasteiger partial charge on any atom is -0.295 e. The molecule has 3 aromatic rings. The topological polar surface area (TPSA) is 17.8 Å². The van der Waals surface area contributed by atoms with Gasteiger partial charge in [0.25, 0.3) is 0 Å². The average Bonchev–Trinajstić information content (AvgIpc) is 2.76. The highest BCUT2D eigenvalue weighted by Gasteiger charge is 2.12. The van der Waals surface area contributed by atoms with Crippen LogP contribution >= 0.6 is 50.1 Å². The minimum atomic E-state index is 0.387. The molecule has 2 aromatic carbocycles. The Hall–Kier alpha value is -0.590. The molecule has 19 heavy (non-hydrogen) atoms. The van der Waals surface area contributed by atoms with E-state index in [0.717, 1.165) is 27.0 Å². The van der Waals surface area contributed by atoms with E-state index in [1.807, 2.05) is 18.2 Å². The molecule has 3 rings (SSSR count). The van der Waals surface area contributed by atoms with Crippen LogP contribution in [0.3, 0.4) is 0 Å². The van der Waals surface area contributed by atoms with Crippen LogP contribution in [0.5, 0.6) is 0 Å². The highest BCUT2D eigenvalue weighted by molar-refractivity contribution is 14.1. The van der Waals surface area contributed by atoms with Crippen molar-refractivity contribution in [2.75, 3.05) is 0 Å². The lowest BCUT2D eigenvalue weighted by molar-refractivity contribution is 0.981.